The van der Waals surface area contributed by atoms with Gasteiger partial charge in [0.05, 0.1) is 6.04 Å². The summed E-state index contributed by atoms with van der Waals surface area (Å²) in [5.74, 6) is 0.161. The summed E-state index contributed by atoms with van der Waals surface area (Å²) in [7, 11) is -1.77. The number of nitrogens with one attached hydrogen (secondary N) is 1. The number of nitrogens with zero attached hydrogens (tertiary/aromatic N) is 4. The molecule has 2 unspecified atom stereocenters. The average molecular weight is 475 g/mol. The molecule has 1 amide bonds. The molecule has 0 fully saturated rings. The minimum Gasteiger partial charge on any atom is -0.402 e. The standard InChI is InChI=1S/C18H28BClN6O4.ClH/c1-12(2)16(18(27)22-11-13-6-8-14(20)9-7-13)26-17(23-24-25-26)15(21)5-3-4-10-30-19(28)29;/h6-9,12,15-16,28-29H,3-5,10-11,21H2,1-2H3,(H,22,27);1H. The lowest BCUT2D eigenvalue weighted by Gasteiger charge is -2.23. The zero-order valence-corrected chi connectivity index (χ0v) is 19.1. The third-order valence-corrected chi connectivity index (χ3v) is 4.82. The monoisotopic (exact) mass is 474 g/mol. The van der Waals surface area contributed by atoms with Crippen molar-refractivity contribution in [1.82, 2.24) is 25.5 Å². The highest BCUT2D eigenvalue weighted by Gasteiger charge is 2.29. The van der Waals surface area contributed by atoms with Gasteiger partial charge in [-0.2, -0.15) is 0 Å². The van der Waals surface area contributed by atoms with E-state index < -0.39 is 19.4 Å². The molecular weight excluding hydrogens is 446 g/mol. The number of unbranched alkanes of at least 4 members (excludes halogenated alkanes) is 1. The van der Waals surface area contributed by atoms with E-state index in [-0.39, 0.29) is 30.8 Å². The molecule has 0 radical (unpaired) electrons. The van der Waals surface area contributed by atoms with Crippen LogP contribution >= 0.6 is 24.0 Å². The number of carbonyl (C=O) groups is 1. The number of hydrogen-bond donors (Lipinski definition) is 4. The van der Waals surface area contributed by atoms with Gasteiger partial charge in [-0.25, -0.2) is 4.68 Å². The van der Waals surface area contributed by atoms with Crippen LogP contribution in [0, 0.1) is 5.92 Å². The Hall–Kier alpha value is -1.76. The van der Waals surface area contributed by atoms with Gasteiger partial charge in [-0.3, -0.25) is 4.79 Å². The fraction of sp³-hybridized carbons (Fsp3) is 0.556. The van der Waals surface area contributed by atoms with Gasteiger partial charge in [0, 0.05) is 18.2 Å². The normalized spacial score (nSPS) is 12.9. The van der Waals surface area contributed by atoms with Gasteiger partial charge in [0.2, 0.25) is 5.91 Å². The maximum atomic E-state index is 12.9. The molecule has 0 spiro atoms. The van der Waals surface area contributed by atoms with Gasteiger partial charge in [0.1, 0.15) is 6.04 Å². The van der Waals surface area contributed by atoms with Gasteiger partial charge >= 0.3 is 7.32 Å². The lowest BCUT2D eigenvalue weighted by Crippen LogP contribution is -2.37. The molecule has 1 heterocycles. The van der Waals surface area contributed by atoms with Crippen LogP contribution in [0.4, 0.5) is 0 Å². The van der Waals surface area contributed by atoms with Crippen molar-refractivity contribution in [3.8, 4) is 0 Å². The van der Waals surface area contributed by atoms with E-state index in [0.717, 1.165) is 5.56 Å². The summed E-state index contributed by atoms with van der Waals surface area (Å²) >= 11 is 5.89. The maximum absolute atomic E-state index is 12.9. The first kappa shape index (κ1) is 27.3. The second-order valence-electron chi connectivity index (χ2n) is 7.31. The summed E-state index contributed by atoms with van der Waals surface area (Å²) in [5.41, 5.74) is 7.18. The maximum Gasteiger partial charge on any atom is 0.633 e. The molecule has 172 valence electrons. The van der Waals surface area contributed by atoms with Crippen molar-refractivity contribution >= 4 is 37.2 Å². The number of halogens is 2. The molecule has 0 aliphatic rings. The lowest BCUT2D eigenvalue weighted by atomic mass is 10.0. The molecule has 31 heavy (non-hydrogen) atoms. The van der Waals surface area contributed by atoms with Crippen molar-refractivity contribution in [2.24, 2.45) is 11.7 Å². The van der Waals surface area contributed by atoms with Gasteiger partial charge < -0.3 is 25.8 Å². The van der Waals surface area contributed by atoms with E-state index in [2.05, 4.69) is 25.5 Å². The van der Waals surface area contributed by atoms with E-state index in [1.807, 2.05) is 26.0 Å². The highest BCUT2D eigenvalue weighted by Crippen LogP contribution is 2.23. The fourth-order valence-electron chi connectivity index (χ4n) is 3.02. The molecule has 13 heteroatoms. The first-order valence-corrected chi connectivity index (χ1v) is 10.2. The number of nitrogens with two attached hydrogens (primary N) is 1. The number of benzene rings is 1. The Balaban J connectivity index is 0.00000480. The zero-order chi connectivity index (χ0) is 22.1. The Bertz CT molecular complexity index is 794. The van der Waals surface area contributed by atoms with Gasteiger partial charge in [-0.1, -0.05) is 37.6 Å². The van der Waals surface area contributed by atoms with Gasteiger partial charge in [0.15, 0.2) is 5.82 Å². The minimum atomic E-state index is -1.77. The predicted molar refractivity (Wildman–Crippen MR) is 119 cm³/mol. The van der Waals surface area contributed by atoms with Crippen LogP contribution in [0.5, 0.6) is 0 Å². The molecule has 1 aromatic heterocycles. The second-order valence-corrected chi connectivity index (χ2v) is 7.75. The SMILES string of the molecule is CC(C)C(C(=O)NCc1ccc(Cl)cc1)n1nnnc1C(N)CCCCOB(O)O.Cl. The van der Waals surface area contributed by atoms with Crippen molar-refractivity contribution in [3.05, 3.63) is 40.7 Å². The van der Waals surface area contributed by atoms with Gasteiger partial charge in [0.25, 0.3) is 0 Å². The molecule has 0 bridgehead atoms. The number of hydrogen-bond acceptors (Lipinski definition) is 8. The van der Waals surface area contributed by atoms with Crippen LogP contribution in [0.15, 0.2) is 24.3 Å². The first-order chi connectivity index (χ1) is 14.3. The number of aromatic nitrogens is 4. The van der Waals surface area contributed by atoms with Crippen LogP contribution in [0.2, 0.25) is 5.02 Å². The summed E-state index contributed by atoms with van der Waals surface area (Å²) in [6.45, 7) is 4.40. The summed E-state index contributed by atoms with van der Waals surface area (Å²) in [5, 5.41) is 32.7. The van der Waals surface area contributed by atoms with Crippen molar-refractivity contribution in [3.63, 3.8) is 0 Å². The Morgan fingerprint density at radius 2 is 1.97 bits per heavy atom. The van der Waals surface area contributed by atoms with Crippen molar-refractivity contribution < 1.29 is 19.5 Å². The van der Waals surface area contributed by atoms with Crippen LogP contribution in [-0.2, 0) is 16.0 Å². The molecule has 2 aromatic rings. The molecule has 0 saturated carbocycles. The van der Waals surface area contributed by atoms with Crippen LogP contribution in [0.25, 0.3) is 0 Å². The Labute approximate surface area is 193 Å². The minimum absolute atomic E-state index is 0. The fourth-order valence-corrected chi connectivity index (χ4v) is 3.15. The quantitative estimate of drug-likeness (QED) is 0.266. The number of tetrazole rings is 1. The van der Waals surface area contributed by atoms with Gasteiger partial charge in [-0.05, 0) is 53.3 Å². The molecule has 0 aliphatic carbocycles. The Kier molecular flexibility index (Phi) is 12.0. The molecule has 2 atom stereocenters. The highest BCUT2D eigenvalue weighted by molar-refractivity contribution is 6.32. The topological polar surface area (TPSA) is 148 Å². The van der Waals surface area contributed by atoms with Crippen molar-refractivity contribution in [1.29, 1.82) is 0 Å². The van der Waals surface area contributed by atoms with Crippen LogP contribution in [0.3, 0.4) is 0 Å². The zero-order valence-electron chi connectivity index (χ0n) is 17.5. The predicted octanol–water partition coefficient (Wildman–Crippen LogP) is 1.42. The van der Waals surface area contributed by atoms with Gasteiger partial charge in [-0.15, -0.1) is 17.5 Å². The second kappa shape index (κ2) is 13.6. The third kappa shape index (κ3) is 8.72. The van der Waals surface area contributed by atoms with Crippen molar-refractivity contribution in [2.75, 3.05) is 6.61 Å². The van der Waals surface area contributed by atoms with E-state index in [1.54, 1.807) is 12.1 Å². The van der Waals surface area contributed by atoms with E-state index in [1.165, 1.54) is 4.68 Å². The third-order valence-electron chi connectivity index (χ3n) is 4.57. The van der Waals surface area contributed by atoms with E-state index >= 15 is 0 Å². The molecule has 0 saturated heterocycles. The summed E-state index contributed by atoms with van der Waals surface area (Å²) in [6, 6.07) is 6.17. The van der Waals surface area contributed by atoms with Crippen LogP contribution in [0.1, 0.15) is 56.6 Å². The molecule has 0 aliphatic heterocycles. The Morgan fingerprint density at radius 1 is 1.29 bits per heavy atom. The molecule has 5 N–H and O–H groups in total. The summed E-state index contributed by atoms with van der Waals surface area (Å²) in [6.07, 6.45) is 1.83. The first-order valence-electron chi connectivity index (χ1n) is 9.82. The van der Waals surface area contributed by atoms with E-state index in [9.17, 15) is 4.79 Å². The summed E-state index contributed by atoms with van der Waals surface area (Å²) in [4.78, 5) is 12.9. The highest BCUT2D eigenvalue weighted by atomic mass is 35.5. The summed E-state index contributed by atoms with van der Waals surface area (Å²) < 4.78 is 6.16. The molecule has 2 rings (SSSR count). The molecule has 10 nitrogen and oxygen atoms in total. The molecule has 1 aromatic carbocycles. The van der Waals surface area contributed by atoms with Crippen molar-refractivity contribution in [2.45, 2.75) is 51.7 Å². The van der Waals surface area contributed by atoms with E-state index in [4.69, 9.17) is 27.4 Å². The largest absolute Gasteiger partial charge is 0.633 e. The average Bonchev–Trinajstić information content (AvgIpc) is 3.16. The Morgan fingerprint density at radius 3 is 2.58 bits per heavy atom. The lowest BCUT2D eigenvalue weighted by molar-refractivity contribution is -0.126. The number of amides is 1. The smallest absolute Gasteiger partial charge is 0.402 e. The van der Waals surface area contributed by atoms with Crippen LogP contribution in [-0.4, -0.2) is 50.1 Å². The number of carbonyl (C=O) groups excluding carboxylic acids is 1. The molecular formula is C18H29BCl2N6O4. The van der Waals surface area contributed by atoms with Crippen LogP contribution < -0.4 is 11.1 Å². The number of rotatable bonds is 12. The van der Waals surface area contributed by atoms with E-state index in [0.29, 0.717) is 36.7 Å².